The Balaban J connectivity index is 1.97. The van der Waals surface area contributed by atoms with Gasteiger partial charge in [0.25, 0.3) is 5.56 Å². The number of pyridine rings is 1. The molecule has 1 saturated heterocycles. The van der Waals surface area contributed by atoms with Crippen molar-refractivity contribution in [1.29, 1.82) is 0 Å². The van der Waals surface area contributed by atoms with Crippen LogP contribution in [-0.4, -0.2) is 30.2 Å². The molecule has 1 amide bonds. The Kier molecular flexibility index (Phi) is 4.66. The number of hydrogen-bond donors (Lipinski definition) is 1. The Morgan fingerprint density at radius 3 is 2.81 bits per heavy atom. The Morgan fingerprint density at radius 2 is 2.19 bits per heavy atom. The van der Waals surface area contributed by atoms with Crippen molar-refractivity contribution in [2.24, 2.45) is 5.92 Å². The van der Waals surface area contributed by atoms with E-state index < -0.39 is 29.8 Å². The van der Waals surface area contributed by atoms with E-state index in [1.807, 2.05) is 0 Å². The zero-order valence-electron chi connectivity index (χ0n) is 11.2. The van der Waals surface area contributed by atoms with Gasteiger partial charge in [0.1, 0.15) is 6.54 Å². The van der Waals surface area contributed by atoms with Crippen LogP contribution in [0.5, 0.6) is 0 Å². The Bertz CT molecular complexity index is 563. The SMILES string of the molecule is O=C(Cn1cc(C(F)(F)F)ccc1=O)NC[C@@H]1CCOC1. The molecule has 8 heteroatoms. The van der Waals surface area contributed by atoms with Gasteiger partial charge in [0.2, 0.25) is 5.91 Å². The fourth-order valence-corrected chi connectivity index (χ4v) is 2.04. The minimum atomic E-state index is -4.55. The highest BCUT2D eigenvalue weighted by molar-refractivity contribution is 5.75. The lowest BCUT2D eigenvalue weighted by atomic mass is 10.1. The summed E-state index contributed by atoms with van der Waals surface area (Å²) >= 11 is 0. The molecule has 1 N–H and O–H groups in total. The van der Waals surface area contributed by atoms with Gasteiger partial charge in [0.05, 0.1) is 12.2 Å². The number of aromatic nitrogens is 1. The smallest absolute Gasteiger partial charge is 0.381 e. The van der Waals surface area contributed by atoms with Crippen LogP contribution in [0.2, 0.25) is 0 Å². The van der Waals surface area contributed by atoms with Crippen LogP contribution < -0.4 is 10.9 Å². The summed E-state index contributed by atoms with van der Waals surface area (Å²) in [7, 11) is 0. The Hall–Kier alpha value is -1.83. The first-order valence-corrected chi connectivity index (χ1v) is 6.48. The van der Waals surface area contributed by atoms with Gasteiger partial charge < -0.3 is 14.6 Å². The summed E-state index contributed by atoms with van der Waals surface area (Å²) in [6.45, 7) is 1.17. The maximum atomic E-state index is 12.6. The first-order chi connectivity index (χ1) is 9.86. The highest BCUT2D eigenvalue weighted by Gasteiger charge is 2.31. The lowest BCUT2D eigenvalue weighted by Gasteiger charge is -2.12. The fourth-order valence-electron chi connectivity index (χ4n) is 2.04. The molecule has 0 aromatic carbocycles. The second-order valence-corrected chi connectivity index (χ2v) is 4.92. The first-order valence-electron chi connectivity index (χ1n) is 6.48. The summed E-state index contributed by atoms with van der Waals surface area (Å²) < 4.78 is 43.6. The van der Waals surface area contributed by atoms with Crippen molar-refractivity contribution in [2.45, 2.75) is 19.1 Å². The third-order valence-electron chi connectivity index (χ3n) is 3.24. The molecule has 116 valence electrons. The van der Waals surface area contributed by atoms with Gasteiger partial charge in [-0.25, -0.2) is 0 Å². The molecule has 1 aliphatic rings. The topological polar surface area (TPSA) is 60.3 Å². The quantitative estimate of drug-likeness (QED) is 0.903. The van der Waals surface area contributed by atoms with E-state index in [0.717, 1.165) is 17.1 Å². The molecular weight excluding hydrogens is 289 g/mol. The number of hydrogen-bond acceptors (Lipinski definition) is 3. The van der Waals surface area contributed by atoms with Gasteiger partial charge in [-0.05, 0) is 12.5 Å². The molecule has 0 unspecified atom stereocenters. The molecule has 1 fully saturated rings. The minimum Gasteiger partial charge on any atom is -0.381 e. The van der Waals surface area contributed by atoms with Gasteiger partial charge in [0, 0.05) is 31.3 Å². The van der Waals surface area contributed by atoms with E-state index in [2.05, 4.69) is 5.32 Å². The number of nitrogens with zero attached hydrogens (tertiary/aromatic N) is 1. The third kappa shape index (κ3) is 4.32. The third-order valence-corrected chi connectivity index (χ3v) is 3.24. The number of ether oxygens (including phenoxy) is 1. The minimum absolute atomic E-state index is 0.215. The summed E-state index contributed by atoms with van der Waals surface area (Å²) in [4.78, 5) is 23.2. The average molecular weight is 304 g/mol. The maximum absolute atomic E-state index is 12.6. The van der Waals surface area contributed by atoms with E-state index in [1.54, 1.807) is 0 Å². The molecule has 0 spiro atoms. The molecule has 0 bridgehead atoms. The zero-order valence-corrected chi connectivity index (χ0v) is 11.2. The molecule has 0 radical (unpaired) electrons. The normalized spacial score (nSPS) is 18.7. The lowest BCUT2D eigenvalue weighted by Crippen LogP contribution is -2.35. The van der Waals surface area contributed by atoms with Crippen LogP contribution in [0.15, 0.2) is 23.1 Å². The molecule has 0 saturated carbocycles. The summed E-state index contributed by atoms with van der Waals surface area (Å²) in [5.41, 5.74) is -1.61. The number of nitrogens with one attached hydrogen (secondary N) is 1. The summed E-state index contributed by atoms with van der Waals surface area (Å²) in [6.07, 6.45) is -3.06. The van der Waals surface area contributed by atoms with E-state index in [9.17, 15) is 22.8 Å². The summed E-state index contributed by atoms with van der Waals surface area (Å²) in [5.74, 6) is -0.282. The van der Waals surface area contributed by atoms with Crippen molar-refractivity contribution >= 4 is 5.91 Å². The van der Waals surface area contributed by atoms with Gasteiger partial charge in [-0.15, -0.1) is 0 Å². The number of carbonyl (C=O) groups excluding carboxylic acids is 1. The molecule has 1 aromatic rings. The predicted octanol–water partition coefficient (Wildman–Crippen LogP) is 1.02. The molecule has 2 rings (SSSR count). The van der Waals surface area contributed by atoms with Gasteiger partial charge in [-0.3, -0.25) is 9.59 Å². The zero-order chi connectivity index (χ0) is 15.5. The second-order valence-electron chi connectivity index (χ2n) is 4.92. The number of amides is 1. The summed E-state index contributed by atoms with van der Waals surface area (Å²) in [6, 6.07) is 1.51. The van der Waals surface area contributed by atoms with Crippen molar-refractivity contribution in [3.63, 3.8) is 0 Å². The predicted molar refractivity (Wildman–Crippen MR) is 67.6 cm³/mol. The van der Waals surface area contributed by atoms with E-state index in [4.69, 9.17) is 4.74 Å². The van der Waals surface area contributed by atoms with Gasteiger partial charge in [0.15, 0.2) is 0 Å². The van der Waals surface area contributed by atoms with Crippen LogP contribution in [0.3, 0.4) is 0 Å². The highest BCUT2D eigenvalue weighted by Crippen LogP contribution is 2.27. The number of alkyl halides is 3. The fraction of sp³-hybridized carbons (Fsp3) is 0.538. The molecular formula is C13H15F3N2O3. The number of carbonyl (C=O) groups is 1. The van der Waals surface area contributed by atoms with Crippen LogP contribution in [-0.2, 0) is 22.3 Å². The summed E-state index contributed by atoms with van der Waals surface area (Å²) in [5, 5.41) is 2.60. The van der Waals surface area contributed by atoms with Crippen LogP contribution in [0.4, 0.5) is 13.2 Å². The van der Waals surface area contributed by atoms with Crippen LogP contribution in [0.1, 0.15) is 12.0 Å². The Labute approximate surface area is 118 Å². The highest BCUT2D eigenvalue weighted by atomic mass is 19.4. The largest absolute Gasteiger partial charge is 0.417 e. The van der Waals surface area contributed by atoms with Crippen molar-refractivity contribution in [3.8, 4) is 0 Å². The molecule has 1 atom stereocenters. The van der Waals surface area contributed by atoms with Crippen molar-refractivity contribution in [2.75, 3.05) is 19.8 Å². The molecule has 1 aliphatic heterocycles. The van der Waals surface area contributed by atoms with Crippen molar-refractivity contribution in [1.82, 2.24) is 9.88 Å². The average Bonchev–Trinajstić information content (AvgIpc) is 2.91. The molecule has 0 aliphatic carbocycles. The molecule has 5 nitrogen and oxygen atoms in total. The maximum Gasteiger partial charge on any atom is 0.417 e. The Morgan fingerprint density at radius 1 is 1.43 bits per heavy atom. The standard InChI is InChI=1S/C13H15F3N2O3/c14-13(15,16)10-1-2-12(20)18(6-10)7-11(19)17-5-9-3-4-21-8-9/h1-2,6,9H,3-5,7-8H2,(H,17,19)/t9-/m0/s1. The van der Waals surface area contributed by atoms with Crippen LogP contribution in [0.25, 0.3) is 0 Å². The number of halogens is 3. The second kappa shape index (κ2) is 6.30. The van der Waals surface area contributed by atoms with E-state index in [0.29, 0.717) is 32.0 Å². The first kappa shape index (κ1) is 15.6. The molecule has 2 heterocycles. The van der Waals surface area contributed by atoms with E-state index >= 15 is 0 Å². The van der Waals surface area contributed by atoms with Gasteiger partial charge >= 0.3 is 6.18 Å². The van der Waals surface area contributed by atoms with Crippen molar-refractivity contribution in [3.05, 3.63) is 34.2 Å². The van der Waals surface area contributed by atoms with Crippen molar-refractivity contribution < 1.29 is 22.7 Å². The van der Waals surface area contributed by atoms with E-state index in [-0.39, 0.29) is 5.92 Å². The molecule has 1 aromatic heterocycles. The van der Waals surface area contributed by atoms with E-state index in [1.165, 1.54) is 0 Å². The van der Waals surface area contributed by atoms with Crippen LogP contribution in [0, 0.1) is 5.92 Å². The van der Waals surface area contributed by atoms with Gasteiger partial charge in [-0.1, -0.05) is 0 Å². The monoisotopic (exact) mass is 304 g/mol. The number of rotatable bonds is 4. The van der Waals surface area contributed by atoms with Gasteiger partial charge in [-0.2, -0.15) is 13.2 Å². The lowest BCUT2D eigenvalue weighted by molar-refractivity contribution is -0.138. The van der Waals surface area contributed by atoms with Crippen LogP contribution >= 0.6 is 0 Å². The molecule has 21 heavy (non-hydrogen) atoms.